The molecule has 0 saturated heterocycles. The van der Waals surface area contributed by atoms with Gasteiger partial charge in [0, 0.05) is 6.54 Å². The zero-order valence-electron chi connectivity index (χ0n) is 10.8. The van der Waals surface area contributed by atoms with E-state index in [4.69, 9.17) is 9.52 Å². The predicted octanol–water partition coefficient (Wildman–Crippen LogP) is 1.84. The second-order valence-corrected chi connectivity index (χ2v) is 4.14. The molecule has 0 spiro atoms. The van der Waals surface area contributed by atoms with Gasteiger partial charge in [0.1, 0.15) is 5.76 Å². The Labute approximate surface area is 110 Å². The minimum Gasteiger partial charge on any atom is -0.475 e. The van der Waals surface area contributed by atoms with E-state index in [9.17, 15) is 9.90 Å². The molecule has 6 heteroatoms. The Hall–Kier alpha value is -2.08. The second-order valence-electron chi connectivity index (χ2n) is 4.14. The van der Waals surface area contributed by atoms with E-state index in [0.29, 0.717) is 12.2 Å². The molecule has 2 heterocycles. The number of aromatic nitrogens is 2. The Morgan fingerprint density at radius 2 is 2.21 bits per heavy atom. The Morgan fingerprint density at radius 1 is 1.47 bits per heavy atom. The third-order valence-corrected chi connectivity index (χ3v) is 2.91. The first-order valence-corrected chi connectivity index (χ1v) is 6.14. The van der Waals surface area contributed by atoms with Crippen molar-refractivity contribution in [2.24, 2.45) is 0 Å². The van der Waals surface area contributed by atoms with E-state index >= 15 is 0 Å². The molecule has 0 amide bonds. The van der Waals surface area contributed by atoms with Crippen LogP contribution < -0.4 is 0 Å². The van der Waals surface area contributed by atoms with Crippen molar-refractivity contribution in [2.45, 2.75) is 32.9 Å². The highest BCUT2D eigenvalue weighted by Gasteiger charge is 2.21. The fraction of sp³-hybridized carbons (Fsp3) is 0.385. The Bertz CT molecular complexity index is 585. The van der Waals surface area contributed by atoms with Crippen LogP contribution in [0.15, 0.2) is 22.6 Å². The number of aliphatic hydroxyl groups excluding tert-OH is 1. The van der Waals surface area contributed by atoms with Gasteiger partial charge in [0.15, 0.2) is 6.10 Å². The first-order valence-electron chi connectivity index (χ1n) is 6.14. The zero-order chi connectivity index (χ0) is 14.0. The highest BCUT2D eigenvalue weighted by Crippen LogP contribution is 2.25. The number of aliphatic hydroxyl groups is 1. The van der Waals surface area contributed by atoms with Gasteiger partial charge < -0.3 is 14.6 Å². The summed E-state index contributed by atoms with van der Waals surface area (Å²) >= 11 is 0. The first-order chi connectivity index (χ1) is 9.06. The van der Waals surface area contributed by atoms with Crippen LogP contribution in [0.25, 0.3) is 0 Å². The number of carboxylic acid groups (broad SMARTS) is 1. The predicted molar refractivity (Wildman–Crippen MR) is 67.0 cm³/mol. The third kappa shape index (κ3) is 2.53. The molecule has 0 radical (unpaired) electrons. The lowest BCUT2D eigenvalue weighted by molar-refractivity contribution is 0.0654. The van der Waals surface area contributed by atoms with Crippen molar-refractivity contribution < 1.29 is 19.4 Å². The van der Waals surface area contributed by atoms with Gasteiger partial charge in [-0.05, 0) is 31.5 Å². The van der Waals surface area contributed by atoms with Gasteiger partial charge in [0.25, 0.3) is 0 Å². The monoisotopic (exact) mass is 264 g/mol. The summed E-state index contributed by atoms with van der Waals surface area (Å²) in [7, 11) is 0. The van der Waals surface area contributed by atoms with Crippen molar-refractivity contribution in [3.63, 3.8) is 0 Å². The van der Waals surface area contributed by atoms with Gasteiger partial charge in [0.2, 0.25) is 5.76 Å². The summed E-state index contributed by atoms with van der Waals surface area (Å²) in [5.74, 6) is -1.14. The fourth-order valence-corrected chi connectivity index (χ4v) is 1.89. The molecule has 0 aliphatic heterocycles. The quantitative estimate of drug-likeness (QED) is 0.860. The van der Waals surface area contributed by atoms with Crippen molar-refractivity contribution in [1.29, 1.82) is 0 Å². The van der Waals surface area contributed by atoms with E-state index in [1.165, 1.54) is 12.1 Å². The molecule has 0 aliphatic rings. The maximum atomic E-state index is 10.8. The molecule has 0 aromatic carbocycles. The van der Waals surface area contributed by atoms with Gasteiger partial charge in [-0.3, -0.25) is 4.68 Å². The molecule has 102 valence electrons. The molecule has 6 nitrogen and oxygen atoms in total. The second kappa shape index (κ2) is 5.27. The van der Waals surface area contributed by atoms with Crippen molar-refractivity contribution in [2.75, 3.05) is 0 Å². The molecule has 0 aliphatic carbocycles. The molecular formula is C13H16N2O4. The van der Waals surface area contributed by atoms with Crippen LogP contribution in [0, 0.1) is 0 Å². The SMILES string of the molecule is CCc1cc(C(O)c2ccc(C(=O)O)o2)n(CC)n1. The minimum absolute atomic E-state index is 0.188. The van der Waals surface area contributed by atoms with Crippen LogP contribution in [0.1, 0.15) is 47.7 Å². The third-order valence-electron chi connectivity index (χ3n) is 2.91. The lowest BCUT2D eigenvalue weighted by atomic mass is 10.2. The Kier molecular flexibility index (Phi) is 3.71. The first kappa shape index (κ1) is 13.4. The summed E-state index contributed by atoms with van der Waals surface area (Å²) in [6.07, 6.45) is -0.244. The number of carbonyl (C=O) groups is 1. The standard InChI is InChI=1S/C13H16N2O4/c1-3-8-7-9(15(4-2)14-8)12(16)10-5-6-11(19-10)13(17)18/h5-7,12,16H,3-4H2,1-2H3,(H,17,18). The molecule has 0 bridgehead atoms. The summed E-state index contributed by atoms with van der Waals surface area (Å²) < 4.78 is 6.80. The molecule has 2 aromatic rings. The van der Waals surface area contributed by atoms with Gasteiger partial charge >= 0.3 is 5.97 Å². The Balaban J connectivity index is 2.34. The Morgan fingerprint density at radius 3 is 2.74 bits per heavy atom. The number of aromatic carboxylic acids is 1. The molecule has 19 heavy (non-hydrogen) atoms. The van der Waals surface area contributed by atoms with Crippen molar-refractivity contribution in [3.8, 4) is 0 Å². The average Bonchev–Trinajstić information content (AvgIpc) is 3.04. The molecule has 1 unspecified atom stereocenters. The van der Waals surface area contributed by atoms with Crippen LogP contribution in [0.4, 0.5) is 0 Å². The summed E-state index contributed by atoms with van der Waals surface area (Å²) in [5.41, 5.74) is 1.48. The summed E-state index contributed by atoms with van der Waals surface area (Å²) in [6.45, 7) is 4.53. The molecule has 2 N–H and O–H groups in total. The number of carboxylic acids is 1. The summed E-state index contributed by atoms with van der Waals surface area (Å²) in [4.78, 5) is 10.8. The molecule has 0 fully saturated rings. The van der Waals surface area contributed by atoms with Gasteiger partial charge in [-0.15, -0.1) is 0 Å². The lowest BCUT2D eigenvalue weighted by Gasteiger charge is -2.09. The zero-order valence-corrected chi connectivity index (χ0v) is 10.8. The average molecular weight is 264 g/mol. The van der Waals surface area contributed by atoms with Crippen LogP contribution in [0.5, 0.6) is 0 Å². The van der Waals surface area contributed by atoms with Crippen molar-refractivity contribution >= 4 is 5.97 Å². The summed E-state index contributed by atoms with van der Waals surface area (Å²) in [6, 6.07) is 4.60. The minimum atomic E-state index is -1.16. The maximum Gasteiger partial charge on any atom is 0.371 e. The van der Waals surface area contributed by atoms with E-state index in [1.54, 1.807) is 10.7 Å². The highest BCUT2D eigenvalue weighted by molar-refractivity contribution is 5.84. The van der Waals surface area contributed by atoms with E-state index in [2.05, 4.69) is 5.10 Å². The number of nitrogens with zero attached hydrogens (tertiary/aromatic N) is 2. The van der Waals surface area contributed by atoms with Crippen LogP contribution >= 0.6 is 0 Å². The van der Waals surface area contributed by atoms with Crippen molar-refractivity contribution in [3.05, 3.63) is 41.1 Å². The molecule has 2 aromatic heterocycles. The van der Waals surface area contributed by atoms with Gasteiger partial charge in [-0.1, -0.05) is 6.92 Å². The number of aryl methyl sites for hydroxylation is 2. The van der Waals surface area contributed by atoms with Crippen LogP contribution in [-0.4, -0.2) is 26.0 Å². The molecule has 1 atom stereocenters. The van der Waals surface area contributed by atoms with Crippen LogP contribution in [0.2, 0.25) is 0 Å². The van der Waals surface area contributed by atoms with E-state index in [0.717, 1.165) is 12.1 Å². The van der Waals surface area contributed by atoms with E-state index in [-0.39, 0.29) is 11.5 Å². The molecule has 2 rings (SSSR count). The highest BCUT2D eigenvalue weighted by atomic mass is 16.4. The van der Waals surface area contributed by atoms with Crippen LogP contribution in [0.3, 0.4) is 0 Å². The summed E-state index contributed by atoms with van der Waals surface area (Å²) in [5, 5.41) is 23.4. The number of rotatable bonds is 5. The van der Waals surface area contributed by atoms with Crippen molar-refractivity contribution in [1.82, 2.24) is 9.78 Å². The van der Waals surface area contributed by atoms with Gasteiger partial charge in [0.05, 0.1) is 11.4 Å². The molecular weight excluding hydrogens is 248 g/mol. The molecule has 0 saturated carbocycles. The smallest absolute Gasteiger partial charge is 0.371 e. The van der Waals surface area contributed by atoms with Gasteiger partial charge in [-0.2, -0.15) is 5.10 Å². The normalized spacial score (nSPS) is 12.6. The van der Waals surface area contributed by atoms with Crippen LogP contribution in [-0.2, 0) is 13.0 Å². The topological polar surface area (TPSA) is 88.5 Å². The lowest BCUT2D eigenvalue weighted by Crippen LogP contribution is -2.08. The number of hydrogen-bond donors (Lipinski definition) is 2. The maximum absolute atomic E-state index is 10.8. The number of hydrogen-bond acceptors (Lipinski definition) is 4. The van der Waals surface area contributed by atoms with E-state index in [1.807, 2.05) is 13.8 Å². The number of furan rings is 1. The van der Waals surface area contributed by atoms with E-state index < -0.39 is 12.1 Å². The largest absolute Gasteiger partial charge is 0.475 e. The van der Waals surface area contributed by atoms with Gasteiger partial charge in [-0.25, -0.2) is 4.79 Å². The fourth-order valence-electron chi connectivity index (χ4n) is 1.89.